The molecule has 0 unspecified atom stereocenters. The lowest BCUT2D eigenvalue weighted by atomic mass is 10.2. The number of rotatable bonds is 2. The molecule has 0 aliphatic carbocycles. The number of halogens is 1. The van der Waals surface area contributed by atoms with Crippen molar-refractivity contribution in [3.8, 4) is 0 Å². The van der Waals surface area contributed by atoms with Gasteiger partial charge in [-0.25, -0.2) is 19.4 Å². The van der Waals surface area contributed by atoms with Crippen molar-refractivity contribution >= 4 is 36.0 Å². The van der Waals surface area contributed by atoms with Crippen LogP contribution >= 0.6 is 12.6 Å². The molecule has 0 spiro atoms. The van der Waals surface area contributed by atoms with E-state index in [1.807, 2.05) is 0 Å². The molecule has 1 aromatic carbocycles. The smallest absolute Gasteiger partial charge is 0.252 e. The van der Waals surface area contributed by atoms with E-state index in [1.165, 1.54) is 18.5 Å². The third-order valence-corrected chi connectivity index (χ3v) is 2.76. The van der Waals surface area contributed by atoms with Crippen molar-refractivity contribution < 1.29 is 4.39 Å². The fourth-order valence-electron chi connectivity index (χ4n) is 1.55. The van der Waals surface area contributed by atoms with Crippen LogP contribution in [-0.4, -0.2) is 26.2 Å². The number of nitrogens with zero attached hydrogens (tertiary/aromatic N) is 4. The third kappa shape index (κ3) is 2.45. The van der Waals surface area contributed by atoms with E-state index in [9.17, 15) is 4.39 Å². The summed E-state index contributed by atoms with van der Waals surface area (Å²) >= 11 is 4.22. The molecule has 2 heterocycles. The fourth-order valence-corrected chi connectivity index (χ4v) is 1.80. The van der Waals surface area contributed by atoms with Gasteiger partial charge in [0.15, 0.2) is 5.65 Å². The number of imidazole rings is 1. The van der Waals surface area contributed by atoms with Gasteiger partial charge in [-0.05, 0) is 17.7 Å². The molecule has 0 saturated carbocycles. The first-order valence-electron chi connectivity index (χ1n) is 5.42. The van der Waals surface area contributed by atoms with Crippen LogP contribution in [0.5, 0.6) is 0 Å². The number of nitrogens with one attached hydrogen (secondary N) is 1. The summed E-state index contributed by atoms with van der Waals surface area (Å²) in [4.78, 5) is 19.3. The van der Waals surface area contributed by atoms with Gasteiger partial charge in [0.2, 0.25) is 0 Å². The molecule has 0 fully saturated rings. The molecule has 2 aromatic heterocycles. The Kier molecular flexibility index (Phi) is 2.96. The topological polar surface area (TPSA) is 66.8 Å². The molecule has 0 saturated heterocycles. The molecular formula is C12H8FN5S. The number of hydrogen-bond acceptors (Lipinski definition) is 5. The SMILES string of the molecule is Fc1ccc(C=Nc2nc(S)c3nc[nH]c3n2)cc1. The number of aliphatic imine (C=N–C) groups is 1. The van der Waals surface area contributed by atoms with Crippen LogP contribution < -0.4 is 0 Å². The first kappa shape index (κ1) is 11.8. The van der Waals surface area contributed by atoms with E-state index in [2.05, 4.69) is 37.6 Å². The maximum atomic E-state index is 12.8. The maximum absolute atomic E-state index is 12.8. The van der Waals surface area contributed by atoms with Crippen molar-refractivity contribution in [2.45, 2.75) is 5.03 Å². The molecule has 19 heavy (non-hydrogen) atoms. The highest BCUT2D eigenvalue weighted by Crippen LogP contribution is 2.18. The van der Waals surface area contributed by atoms with Gasteiger partial charge in [0.05, 0.1) is 6.33 Å². The Morgan fingerprint density at radius 1 is 1.21 bits per heavy atom. The van der Waals surface area contributed by atoms with Crippen LogP contribution in [0.25, 0.3) is 11.2 Å². The van der Waals surface area contributed by atoms with Crippen molar-refractivity contribution in [1.29, 1.82) is 0 Å². The molecule has 94 valence electrons. The van der Waals surface area contributed by atoms with Crippen molar-refractivity contribution in [2.75, 3.05) is 0 Å². The fraction of sp³-hybridized carbons (Fsp3) is 0. The predicted octanol–water partition coefficient (Wildman–Crippen LogP) is 2.53. The largest absolute Gasteiger partial charge is 0.329 e. The Bertz CT molecular complexity index is 750. The summed E-state index contributed by atoms with van der Waals surface area (Å²) in [5.74, 6) is -0.0176. The first-order valence-corrected chi connectivity index (χ1v) is 5.87. The van der Waals surface area contributed by atoms with Crippen LogP contribution in [0, 0.1) is 5.82 Å². The van der Waals surface area contributed by atoms with E-state index in [0.717, 1.165) is 5.56 Å². The summed E-state index contributed by atoms with van der Waals surface area (Å²) in [6.07, 6.45) is 3.08. The van der Waals surface area contributed by atoms with Gasteiger partial charge in [0.1, 0.15) is 16.4 Å². The lowest BCUT2D eigenvalue weighted by Crippen LogP contribution is -1.88. The monoisotopic (exact) mass is 273 g/mol. The Balaban J connectivity index is 1.94. The highest BCUT2D eigenvalue weighted by Gasteiger charge is 2.05. The van der Waals surface area contributed by atoms with Crippen LogP contribution in [0.4, 0.5) is 10.3 Å². The van der Waals surface area contributed by atoms with Gasteiger partial charge in [0.25, 0.3) is 5.95 Å². The summed E-state index contributed by atoms with van der Waals surface area (Å²) in [6, 6.07) is 5.97. The quantitative estimate of drug-likeness (QED) is 0.428. The number of fused-ring (bicyclic) bond motifs is 1. The minimum Gasteiger partial charge on any atom is -0.329 e. The highest BCUT2D eigenvalue weighted by molar-refractivity contribution is 7.80. The number of hydrogen-bond donors (Lipinski definition) is 2. The molecule has 0 amide bonds. The molecule has 0 radical (unpaired) electrons. The normalized spacial score (nSPS) is 11.5. The predicted molar refractivity (Wildman–Crippen MR) is 72.6 cm³/mol. The van der Waals surface area contributed by atoms with Gasteiger partial charge >= 0.3 is 0 Å². The van der Waals surface area contributed by atoms with Gasteiger partial charge in [-0.3, -0.25) is 0 Å². The van der Waals surface area contributed by atoms with Crippen LogP contribution in [-0.2, 0) is 0 Å². The lowest BCUT2D eigenvalue weighted by Gasteiger charge is -1.96. The summed E-state index contributed by atoms with van der Waals surface area (Å²) in [6.45, 7) is 0. The average Bonchev–Trinajstić information content (AvgIpc) is 2.87. The summed E-state index contributed by atoms with van der Waals surface area (Å²) in [5, 5.41) is 0.456. The molecule has 0 aliphatic rings. The lowest BCUT2D eigenvalue weighted by molar-refractivity contribution is 0.628. The summed E-state index contributed by atoms with van der Waals surface area (Å²) in [7, 11) is 0. The summed E-state index contributed by atoms with van der Waals surface area (Å²) in [5.41, 5.74) is 1.94. The van der Waals surface area contributed by atoms with E-state index in [1.54, 1.807) is 18.3 Å². The first-order chi connectivity index (χ1) is 9.22. The summed E-state index contributed by atoms with van der Waals surface area (Å²) < 4.78 is 12.8. The zero-order valence-electron chi connectivity index (χ0n) is 9.58. The van der Waals surface area contributed by atoms with E-state index >= 15 is 0 Å². The number of H-pyrrole nitrogens is 1. The van der Waals surface area contributed by atoms with Crippen LogP contribution in [0.1, 0.15) is 5.56 Å². The van der Waals surface area contributed by atoms with E-state index in [4.69, 9.17) is 0 Å². The number of aromatic nitrogens is 4. The van der Waals surface area contributed by atoms with Crippen LogP contribution in [0.15, 0.2) is 40.6 Å². The number of aromatic amines is 1. The van der Waals surface area contributed by atoms with Gasteiger partial charge < -0.3 is 4.98 Å². The highest BCUT2D eigenvalue weighted by atomic mass is 32.1. The standard InChI is InChI=1S/C12H8FN5S/c13-8-3-1-7(2-4-8)5-14-12-17-10-9(11(19)18-12)15-6-16-10/h1-6H,(H2,15,16,17,18,19). The maximum Gasteiger partial charge on any atom is 0.252 e. The third-order valence-electron chi connectivity index (χ3n) is 2.45. The zero-order chi connectivity index (χ0) is 13.2. The van der Waals surface area contributed by atoms with Crippen molar-refractivity contribution in [1.82, 2.24) is 19.9 Å². The Labute approximate surface area is 113 Å². The number of benzene rings is 1. The van der Waals surface area contributed by atoms with Crippen molar-refractivity contribution in [3.05, 3.63) is 42.0 Å². The molecule has 1 N–H and O–H groups in total. The van der Waals surface area contributed by atoms with Crippen LogP contribution in [0.3, 0.4) is 0 Å². The van der Waals surface area contributed by atoms with E-state index < -0.39 is 0 Å². The molecular weight excluding hydrogens is 265 g/mol. The Hall–Kier alpha value is -2.28. The van der Waals surface area contributed by atoms with Crippen molar-refractivity contribution in [2.24, 2.45) is 4.99 Å². The molecule has 3 aromatic rings. The minimum atomic E-state index is -0.287. The molecule has 0 aliphatic heterocycles. The Morgan fingerprint density at radius 3 is 2.79 bits per heavy atom. The Morgan fingerprint density at radius 2 is 2.00 bits per heavy atom. The van der Waals surface area contributed by atoms with Gasteiger partial charge in [-0.1, -0.05) is 12.1 Å². The van der Waals surface area contributed by atoms with Gasteiger partial charge in [-0.15, -0.1) is 12.6 Å². The second kappa shape index (κ2) is 4.77. The van der Waals surface area contributed by atoms with Crippen LogP contribution in [0.2, 0.25) is 0 Å². The molecule has 3 rings (SSSR count). The van der Waals surface area contributed by atoms with Crippen molar-refractivity contribution in [3.63, 3.8) is 0 Å². The second-order valence-corrected chi connectivity index (χ2v) is 4.18. The van der Waals surface area contributed by atoms with Gasteiger partial charge in [-0.2, -0.15) is 4.98 Å². The second-order valence-electron chi connectivity index (χ2n) is 3.76. The average molecular weight is 273 g/mol. The molecule has 0 atom stereocenters. The molecule has 0 bridgehead atoms. The zero-order valence-corrected chi connectivity index (χ0v) is 10.5. The van der Waals surface area contributed by atoms with Gasteiger partial charge in [0, 0.05) is 6.21 Å². The van der Waals surface area contributed by atoms with E-state index in [0.29, 0.717) is 16.2 Å². The molecule has 5 nitrogen and oxygen atoms in total. The minimum absolute atomic E-state index is 0.270. The number of thiol groups is 1. The molecule has 7 heteroatoms. The van der Waals surface area contributed by atoms with E-state index in [-0.39, 0.29) is 11.8 Å².